The lowest BCUT2D eigenvalue weighted by Gasteiger charge is -2.08. The van der Waals surface area contributed by atoms with Crippen LogP contribution in [0.3, 0.4) is 0 Å². The number of carboxylic acid groups (broad SMARTS) is 1. The fraction of sp³-hybridized carbons (Fsp3) is 0.200. The number of carboxylic acids is 1. The molecule has 5 nitrogen and oxygen atoms in total. The molecule has 20 heavy (non-hydrogen) atoms. The molecule has 0 atom stereocenters. The molecule has 0 aliphatic carbocycles. The van der Waals surface area contributed by atoms with E-state index in [-0.39, 0.29) is 24.3 Å². The molecule has 0 saturated heterocycles. The van der Waals surface area contributed by atoms with Gasteiger partial charge in [0.15, 0.2) is 0 Å². The first-order chi connectivity index (χ1) is 9.59. The summed E-state index contributed by atoms with van der Waals surface area (Å²) in [5.41, 5.74) is 0.194. The zero-order valence-electron chi connectivity index (χ0n) is 10.8. The van der Waals surface area contributed by atoms with Crippen molar-refractivity contribution in [3.05, 3.63) is 42.0 Å². The first-order valence-corrected chi connectivity index (χ1v) is 6.30. The Morgan fingerprint density at radius 2 is 1.85 bits per heavy atom. The quantitative estimate of drug-likeness (QED) is 0.728. The van der Waals surface area contributed by atoms with E-state index in [1.54, 1.807) is 24.3 Å². The molecule has 0 bridgehead atoms. The molecule has 0 aromatic heterocycles. The Morgan fingerprint density at radius 3 is 2.60 bits per heavy atom. The van der Waals surface area contributed by atoms with Gasteiger partial charge >= 0.3 is 5.97 Å². The van der Waals surface area contributed by atoms with Crippen molar-refractivity contribution in [2.75, 3.05) is 6.54 Å². The van der Waals surface area contributed by atoms with Crippen LogP contribution in [0.5, 0.6) is 5.75 Å². The Labute approximate surface area is 115 Å². The van der Waals surface area contributed by atoms with Gasteiger partial charge in [0.2, 0.25) is 0 Å². The van der Waals surface area contributed by atoms with Crippen LogP contribution < -0.4 is 5.32 Å². The van der Waals surface area contributed by atoms with Gasteiger partial charge in [-0.15, -0.1) is 0 Å². The number of aliphatic carboxylic acids is 1. The number of phenols is 1. The van der Waals surface area contributed by atoms with Gasteiger partial charge in [-0.25, -0.2) is 0 Å². The second-order valence-electron chi connectivity index (χ2n) is 4.44. The Bertz CT molecular complexity index is 651. The fourth-order valence-corrected chi connectivity index (χ4v) is 1.98. The smallest absolute Gasteiger partial charge is 0.303 e. The summed E-state index contributed by atoms with van der Waals surface area (Å²) in [6, 6.07) is 10.6. The topological polar surface area (TPSA) is 86.6 Å². The molecule has 0 aliphatic rings. The number of carbonyl (C=O) groups is 2. The number of phenolic OH excluding ortho intramolecular Hbond substituents is 1. The van der Waals surface area contributed by atoms with Gasteiger partial charge in [-0.05, 0) is 17.9 Å². The number of hydrogen-bond donors (Lipinski definition) is 3. The lowest BCUT2D eigenvalue weighted by Crippen LogP contribution is -2.25. The second kappa shape index (κ2) is 6.06. The van der Waals surface area contributed by atoms with E-state index in [4.69, 9.17) is 5.11 Å². The van der Waals surface area contributed by atoms with Gasteiger partial charge in [0.1, 0.15) is 5.75 Å². The van der Waals surface area contributed by atoms with Crippen molar-refractivity contribution in [3.63, 3.8) is 0 Å². The van der Waals surface area contributed by atoms with Crippen molar-refractivity contribution in [1.29, 1.82) is 0 Å². The molecular weight excluding hydrogens is 258 g/mol. The molecule has 2 aromatic rings. The number of fused-ring (bicyclic) bond motifs is 1. The molecule has 2 rings (SSSR count). The Morgan fingerprint density at radius 1 is 1.10 bits per heavy atom. The van der Waals surface area contributed by atoms with Gasteiger partial charge < -0.3 is 15.5 Å². The molecule has 104 valence electrons. The average Bonchev–Trinajstić information content (AvgIpc) is 2.44. The Hall–Kier alpha value is -2.56. The summed E-state index contributed by atoms with van der Waals surface area (Å²) in [6.07, 6.45) is 0.361. The molecule has 0 radical (unpaired) electrons. The normalized spacial score (nSPS) is 10.4. The van der Waals surface area contributed by atoms with Crippen LogP contribution >= 0.6 is 0 Å². The number of nitrogens with one attached hydrogen (secondary N) is 1. The van der Waals surface area contributed by atoms with Gasteiger partial charge in [0.05, 0.1) is 5.56 Å². The highest BCUT2D eigenvalue weighted by molar-refractivity contribution is 6.03. The van der Waals surface area contributed by atoms with Crippen LogP contribution in [0.15, 0.2) is 36.4 Å². The van der Waals surface area contributed by atoms with E-state index in [0.717, 1.165) is 5.39 Å². The highest BCUT2D eigenvalue weighted by Crippen LogP contribution is 2.28. The van der Waals surface area contributed by atoms with Crippen molar-refractivity contribution in [3.8, 4) is 5.75 Å². The molecule has 0 spiro atoms. The summed E-state index contributed by atoms with van der Waals surface area (Å²) < 4.78 is 0. The van der Waals surface area contributed by atoms with E-state index in [1.165, 1.54) is 0 Å². The molecule has 0 fully saturated rings. The Balaban J connectivity index is 2.10. The monoisotopic (exact) mass is 273 g/mol. The summed E-state index contributed by atoms with van der Waals surface area (Å²) in [4.78, 5) is 22.3. The maximum Gasteiger partial charge on any atom is 0.303 e. The number of rotatable bonds is 5. The van der Waals surface area contributed by atoms with Crippen molar-refractivity contribution in [2.45, 2.75) is 12.8 Å². The lowest BCUT2D eigenvalue weighted by molar-refractivity contribution is -0.137. The van der Waals surface area contributed by atoms with Crippen molar-refractivity contribution in [2.24, 2.45) is 0 Å². The third-order valence-corrected chi connectivity index (χ3v) is 3.00. The number of benzene rings is 2. The van der Waals surface area contributed by atoms with Crippen LogP contribution in [-0.4, -0.2) is 28.6 Å². The molecule has 0 heterocycles. The van der Waals surface area contributed by atoms with Gasteiger partial charge in [-0.1, -0.05) is 30.3 Å². The first kappa shape index (κ1) is 13.9. The summed E-state index contributed by atoms with van der Waals surface area (Å²) in [6.45, 7) is 0.261. The number of hydrogen-bond acceptors (Lipinski definition) is 3. The predicted octanol–water partition coefficient (Wildman–Crippen LogP) is 2.14. The molecular formula is C15H15NO4. The highest BCUT2D eigenvalue weighted by Gasteiger charge is 2.13. The maximum atomic E-state index is 11.9. The summed E-state index contributed by atoms with van der Waals surface area (Å²) in [5, 5.41) is 22.7. The summed E-state index contributed by atoms with van der Waals surface area (Å²) in [7, 11) is 0. The Kier molecular flexibility index (Phi) is 4.20. The molecule has 3 N–H and O–H groups in total. The molecule has 0 aliphatic heterocycles. The third-order valence-electron chi connectivity index (χ3n) is 3.00. The number of carbonyl (C=O) groups excluding carboxylic acids is 1. The summed E-state index contributed by atoms with van der Waals surface area (Å²) in [5.74, 6) is -1.36. The van der Waals surface area contributed by atoms with Crippen molar-refractivity contribution < 1.29 is 19.8 Å². The van der Waals surface area contributed by atoms with E-state index in [9.17, 15) is 14.7 Å². The standard InChI is InChI=1S/C15H15NO4/c17-13(18)6-3-9-16-15(20)12-8-7-10-4-1-2-5-11(10)14(12)19/h1-2,4-5,7-8,19H,3,6,9H2,(H,16,20)(H,17,18). The van der Waals surface area contributed by atoms with Crippen LogP contribution in [-0.2, 0) is 4.79 Å². The zero-order chi connectivity index (χ0) is 14.5. The molecule has 2 aromatic carbocycles. The zero-order valence-corrected chi connectivity index (χ0v) is 10.8. The SMILES string of the molecule is O=C(O)CCCNC(=O)c1ccc2ccccc2c1O. The van der Waals surface area contributed by atoms with Crippen LogP contribution in [0.2, 0.25) is 0 Å². The molecule has 0 saturated carbocycles. The van der Waals surface area contributed by atoms with E-state index < -0.39 is 11.9 Å². The molecule has 1 amide bonds. The minimum absolute atomic E-state index is 0.00395. The van der Waals surface area contributed by atoms with E-state index in [2.05, 4.69) is 5.32 Å². The first-order valence-electron chi connectivity index (χ1n) is 6.30. The van der Waals surface area contributed by atoms with Gasteiger partial charge in [-0.2, -0.15) is 0 Å². The number of amides is 1. The van der Waals surface area contributed by atoms with Crippen LogP contribution in [0.4, 0.5) is 0 Å². The van der Waals surface area contributed by atoms with E-state index >= 15 is 0 Å². The number of aromatic hydroxyl groups is 1. The second-order valence-corrected chi connectivity index (χ2v) is 4.44. The lowest BCUT2D eigenvalue weighted by atomic mass is 10.0. The van der Waals surface area contributed by atoms with Gasteiger partial charge in [0.25, 0.3) is 5.91 Å². The van der Waals surface area contributed by atoms with Gasteiger partial charge in [-0.3, -0.25) is 9.59 Å². The molecule has 0 unspecified atom stereocenters. The van der Waals surface area contributed by atoms with Crippen LogP contribution in [0.1, 0.15) is 23.2 Å². The van der Waals surface area contributed by atoms with Gasteiger partial charge in [0, 0.05) is 18.4 Å². The van der Waals surface area contributed by atoms with E-state index in [0.29, 0.717) is 11.8 Å². The maximum absolute atomic E-state index is 11.9. The summed E-state index contributed by atoms with van der Waals surface area (Å²) >= 11 is 0. The largest absolute Gasteiger partial charge is 0.506 e. The van der Waals surface area contributed by atoms with Crippen molar-refractivity contribution >= 4 is 22.6 Å². The fourth-order valence-electron chi connectivity index (χ4n) is 1.98. The minimum atomic E-state index is -0.896. The van der Waals surface area contributed by atoms with Crippen LogP contribution in [0.25, 0.3) is 10.8 Å². The third kappa shape index (κ3) is 3.06. The van der Waals surface area contributed by atoms with E-state index in [1.807, 2.05) is 12.1 Å². The minimum Gasteiger partial charge on any atom is -0.506 e. The van der Waals surface area contributed by atoms with Crippen molar-refractivity contribution in [1.82, 2.24) is 5.32 Å². The molecule has 5 heteroatoms. The predicted molar refractivity (Wildman–Crippen MR) is 74.8 cm³/mol. The highest BCUT2D eigenvalue weighted by atomic mass is 16.4. The average molecular weight is 273 g/mol. The van der Waals surface area contributed by atoms with Crippen LogP contribution in [0, 0.1) is 0 Å².